The number of rotatable bonds is 4. The van der Waals surface area contributed by atoms with Crippen molar-refractivity contribution in [1.82, 2.24) is 5.32 Å². The van der Waals surface area contributed by atoms with E-state index in [1.807, 2.05) is 0 Å². The van der Waals surface area contributed by atoms with Crippen LogP contribution in [0.15, 0.2) is 18.2 Å². The summed E-state index contributed by atoms with van der Waals surface area (Å²) in [6.45, 7) is 3.47. The molecule has 3 nitrogen and oxygen atoms in total. The van der Waals surface area contributed by atoms with Gasteiger partial charge in [0, 0.05) is 17.2 Å². The standard InChI is InChI=1S/C12H15ClFNO2/c1-12(2,5-6-16)15-11(17)9-4-3-8(13)7-10(9)14/h3-4,7,16H,5-6H2,1-2H3,(H,15,17). The second kappa shape index (κ2) is 5.47. The summed E-state index contributed by atoms with van der Waals surface area (Å²) in [6.07, 6.45) is 0.397. The molecule has 0 bridgehead atoms. The van der Waals surface area contributed by atoms with Crippen molar-refractivity contribution in [3.05, 3.63) is 34.6 Å². The SMILES string of the molecule is CC(C)(CCO)NC(=O)c1ccc(Cl)cc1F. The molecule has 0 aliphatic carbocycles. The van der Waals surface area contributed by atoms with Gasteiger partial charge in [-0.25, -0.2) is 4.39 Å². The molecule has 0 aliphatic rings. The van der Waals surface area contributed by atoms with Gasteiger partial charge in [-0.15, -0.1) is 0 Å². The monoisotopic (exact) mass is 259 g/mol. The predicted octanol–water partition coefficient (Wildman–Crippen LogP) is 2.37. The normalized spacial score (nSPS) is 11.4. The molecule has 1 amide bonds. The van der Waals surface area contributed by atoms with Gasteiger partial charge in [-0.1, -0.05) is 11.6 Å². The maximum atomic E-state index is 13.5. The van der Waals surface area contributed by atoms with Gasteiger partial charge < -0.3 is 10.4 Å². The van der Waals surface area contributed by atoms with Gasteiger partial charge in [0.25, 0.3) is 5.91 Å². The lowest BCUT2D eigenvalue weighted by atomic mass is 10.0. The van der Waals surface area contributed by atoms with Crippen LogP contribution in [0.25, 0.3) is 0 Å². The molecule has 0 radical (unpaired) electrons. The molecule has 0 fully saturated rings. The highest BCUT2D eigenvalue weighted by molar-refractivity contribution is 6.30. The van der Waals surface area contributed by atoms with Gasteiger partial charge in [-0.2, -0.15) is 0 Å². The number of nitrogens with one attached hydrogen (secondary N) is 1. The second-order valence-corrected chi connectivity index (χ2v) is 4.87. The molecular weight excluding hydrogens is 245 g/mol. The predicted molar refractivity (Wildman–Crippen MR) is 64.7 cm³/mol. The Labute approximate surface area is 105 Å². The Balaban J connectivity index is 2.83. The first kappa shape index (κ1) is 13.9. The minimum Gasteiger partial charge on any atom is -0.396 e. The van der Waals surface area contributed by atoms with E-state index in [0.717, 1.165) is 6.07 Å². The zero-order chi connectivity index (χ0) is 13.1. The van der Waals surface area contributed by atoms with Crippen molar-refractivity contribution in [3.63, 3.8) is 0 Å². The Hall–Kier alpha value is -1.13. The number of aliphatic hydroxyl groups is 1. The van der Waals surface area contributed by atoms with Gasteiger partial charge in [0.1, 0.15) is 5.82 Å². The summed E-state index contributed by atoms with van der Waals surface area (Å²) in [7, 11) is 0. The van der Waals surface area contributed by atoms with Crippen LogP contribution in [0.3, 0.4) is 0 Å². The summed E-state index contributed by atoms with van der Waals surface area (Å²) in [5, 5.41) is 11.7. The van der Waals surface area contributed by atoms with Crippen LogP contribution in [0.4, 0.5) is 4.39 Å². The summed E-state index contributed by atoms with van der Waals surface area (Å²) in [4.78, 5) is 11.8. The van der Waals surface area contributed by atoms with E-state index in [1.54, 1.807) is 13.8 Å². The minimum atomic E-state index is -0.658. The fourth-order valence-corrected chi connectivity index (χ4v) is 1.55. The smallest absolute Gasteiger partial charge is 0.254 e. The van der Waals surface area contributed by atoms with Crippen molar-refractivity contribution in [2.75, 3.05) is 6.61 Å². The van der Waals surface area contributed by atoms with Crippen LogP contribution >= 0.6 is 11.6 Å². The van der Waals surface area contributed by atoms with E-state index < -0.39 is 17.3 Å². The molecule has 0 aliphatic heterocycles. The van der Waals surface area contributed by atoms with Crippen molar-refractivity contribution in [3.8, 4) is 0 Å². The first-order valence-corrected chi connectivity index (χ1v) is 5.62. The lowest BCUT2D eigenvalue weighted by Crippen LogP contribution is -2.44. The van der Waals surface area contributed by atoms with Crippen LogP contribution in [0.5, 0.6) is 0 Å². The maximum absolute atomic E-state index is 13.5. The summed E-state index contributed by atoms with van der Waals surface area (Å²) in [5.74, 6) is -1.17. The van der Waals surface area contributed by atoms with E-state index in [0.29, 0.717) is 6.42 Å². The molecule has 1 rings (SSSR count). The number of carbonyl (C=O) groups excluding carboxylic acids is 1. The highest BCUT2D eigenvalue weighted by Crippen LogP contribution is 2.16. The second-order valence-electron chi connectivity index (χ2n) is 4.44. The minimum absolute atomic E-state index is 0.0453. The molecule has 0 saturated heterocycles. The van der Waals surface area contributed by atoms with Crippen molar-refractivity contribution in [2.45, 2.75) is 25.8 Å². The van der Waals surface area contributed by atoms with Crippen LogP contribution in [0, 0.1) is 5.82 Å². The molecule has 17 heavy (non-hydrogen) atoms. The molecule has 1 aromatic carbocycles. The van der Waals surface area contributed by atoms with Gasteiger partial charge in [-0.3, -0.25) is 4.79 Å². The number of carbonyl (C=O) groups is 1. The number of halogens is 2. The molecule has 0 unspecified atom stereocenters. The first-order chi connectivity index (χ1) is 7.85. The molecule has 0 atom stereocenters. The summed E-state index contributed by atoms with van der Waals surface area (Å²) in [5.41, 5.74) is -0.641. The Morgan fingerprint density at radius 3 is 2.71 bits per heavy atom. The molecule has 5 heteroatoms. The van der Waals surface area contributed by atoms with Gasteiger partial charge in [0.15, 0.2) is 0 Å². The lowest BCUT2D eigenvalue weighted by molar-refractivity contribution is 0.0895. The number of hydrogen-bond acceptors (Lipinski definition) is 2. The Morgan fingerprint density at radius 2 is 2.18 bits per heavy atom. The van der Waals surface area contributed by atoms with E-state index in [9.17, 15) is 9.18 Å². The molecule has 0 aromatic heterocycles. The van der Waals surface area contributed by atoms with Crippen molar-refractivity contribution in [1.29, 1.82) is 0 Å². The summed E-state index contributed by atoms with van der Waals surface area (Å²) < 4.78 is 13.5. The van der Waals surface area contributed by atoms with E-state index in [1.165, 1.54) is 12.1 Å². The van der Waals surface area contributed by atoms with Crippen LogP contribution < -0.4 is 5.32 Å². The van der Waals surface area contributed by atoms with E-state index >= 15 is 0 Å². The van der Waals surface area contributed by atoms with Crippen LogP contribution in [0.1, 0.15) is 30.6 Å². The topological polar surface area (TPSA) is 49.3 Å². The van der Waals surface area contributed by atoms with Crippen LogP contribution in [-0.4, -0.2) is 23.2 Å². The third kappa shape index (κ3) is 3.98. The lowest BCUT2D eigenvalue weighted by Gasteiger charge is -2.25. The number of aliphatic hydroxyl groups excluding tert-OH is 1. The van der Waals surface area contributed by atoms with E-state index in [-0.39, 0.29) is 17.2 Å². The molecular formula is C12H15ClFNO2. The highest BCUT2D eigenvalue weighted by atomic mass is 35.5. The average molecular weight is 260 g/mol. The zero-order valence-corrected chi connectivity index (χ0v) is 10.5. The average Bonchev–Trinajstić information content (AvgIpc) is 2.15. The molecule has 0 saturated carbocycles. The Bertz CT molecular complexity index is 421. The van der Waals surface area contributed by atoms with Gasteiger partial charge in [0.2, 0.25) is 0 Å². The summed E-state index contributed by atoms with van der Waals surface area (Å²) >= 11 is 5.60. The molecule has 0 spiro atoms. The van der Waals surface area contributed by atoms with Crippen molar-refractivity contribution < 1.29 is 14.3 Å². The Morgan fingerprint density at radius 1 is 1.53 bits per heavy atom. The van der Waals surface area contributed by atoms with Gasteiger partial charge in [-0.05, 0) is 38.5 Å². The van der Waals surface area contributed by atoms with Crippen molar-refractivity contribution in [2.24, 2.45) is 0 Å². The van der Waals surface area contributed by atoms with Gasteiger partial charge >= 0.3 is 0 Å². The maximum Gasteiger partial charge on any atom is 0.254 e. The first-order valence-electron chi connectivity index (χ1n) is 5.24. The third-order valence-corrected chi connectivity index (χ3v) is 2.60. The van der Waals surface area contributed by atoms with E-state index in [4.69, 9.17) is 16.7 Å². The number of benzene rings is 1. The van der Waals surface area contributed by atoms with Crippen LogP contribution in [0.2, 0.25) is 5.02 Å². The molecule has 94 valence electrons. The fourth-order valence-electron chi connectivity index (χ4n) is 1.39. The quantitative estimate of drug-likeness (QED) is 0.872. The Kier molecular flexibility index (Phi) is 4.48. The van der Waals surface area contributed by atoms with Crippen LogP contribution in [-0.2, 0) is 0 Å². The van der Waals surface area contributed by atoms with Gasteiger partial charge in [0.05, 0.1) is 5.56 Å². The number of amides is 1. The number of hydrogen-bond donors (Lipinski definition) is 2. The summed E-state index contributed by atoms with van der Waals surface area (Å²) in [6, 6.07) is 3.89. The highest BCUT2D eigenvalue weighted by Gasteiger charge is 2.22. The molecule has 0 heterocycles. The van der Waals surface area contributed by atoms with E-state index in [2.05, 4.69) is 5.32 Å². The van der Waals surface area contributed by atoms with Crippen molar-refractivity contribution >= 4 is 17.5 Å². The molecule has 1 aromatic rings. The molecule has 2 N–H and O–H groups in total. The fraction of sp³-hybridized carbons (Fsp3) is 0.417. The zero-order valence-electron chi connectivity index (χ0n) is 9.76. The third-order valence-electron chi connectivity index (χ3n) is 2.36. The largest absolute Gasteiger partial charge is 0.396 e.